The standard InChI is InChI=1S/C20H21N5O2/c21-15-6-8-18-23-17(13-24(18)11-15)20(27)22-16-7-9-19(26)25(12-16)10-14-4-2-1-3-5-14/h1-5,7,9,12-13,15H,6,8,10-11,21H2,(H,22,27). The Balaban J connectivity index is 1.52. The summed E-state index contributed by atoms with van der Waals surface area (Å²) in [4.78, 5) is 29.1. The molecule has 4 rings (SSSR count). The molecule has 0 saturated heterocycles. The highest BCUT2D eigenvalue weighted by Gasteiger charge is 2.20. The van der Waals surface area contributed by atoms with Gasteiger partial charge >= 0.3 is 0 Å². The van der Waals surface area contributed by atoms with Gasteiger partial charge in [0.1, 0.15) is 11.5 Å². The second kappa shape index (κ2) is 7.20. The van der Waals surface area contributed by atoms with Crippen molar-refractivity contribution in [1.29, 1.82) is 0 Å². The maximum absolute atomic E-state index is 12.6. The van der Waals surface area contributed by atoms with Crippen molar-refractivity contribution in [2.24, 2.45) is 5.73 Å². The number of hydrogen-bond donors (Lipinski definition) is 2. The summed E-state index contributed by atoms with van der Waals surface area (Å²) in [5.74, 6) is 0.589. The second-order valence-electron chi connectivity index (χ2n) is 6.82. The van der Waals surface area contributed by atoms with Crippen LogP contribution in [-0.2, 0) is 19.5 Å². The van der Waals surface area contributed by atoms with E-state index in [-0.39, 0.29) is 17.5 Å². The van der Waals surface area contributed by atoms with Crippen molar-refractivity contribution in [3.05, 3.63) is 82.3 Å². The molecule has 1 aliphatic rings. The Bertz CT molecular complexity index is 1020. The summed E-state index contributed by atoms with van der Waals surface area (Å²) in [5, 5.41) is 2.83. The quantitative estimate of drug-likeness (QED) is 0.736. The summed E-state index contributed by atoms with van der Waals surface area (Å²) >= 11 is 0. The lowest BCUT2D eigenvalue weighted by molar-refractivity contribution is 0.102. The van der Waals surface area contributed by atoms with Crippen LogP contribution in [0.15, 0.2) is 59.7 Å². The normalized spacial score (nSPS) is 16.0. The van der Waals surface area contributed by atoms with Crippen molar-refractivity contribution in [3.8, 4) is 0 Å². The number of benzene rings is 1. The Hall–Kier alpha value is -3.19. The zero-order valence-corrected chi connectivity index (χ0v) is 14.8. The Morgan fingerprint density at radius 3 is 2.81 bits per heavy atom. The molecule has 1 unspecified atom stereocenters. The van der Waals surface area contributed by atoms with E-state index in [1.807, 2.05) is 34.9 Å². The zero-order chi connectivity index (χ0) is 18.8. The number of aromatic nitrogens is 3. The third-order valence-corrected chi connectivity index (χ3v) is 4.70. The summed E-state index contributed by atoms with van der Waals surface area (Å²) in [6.07, 6.45) is 5.04. The molecule has 0 saturated carbocycles. The monoisotopic (exact) mass is 363 g/mol. The van der Waals surface area contributed by atoms with Gasteiger partial charge in [0.15, 0.2) is 0 Å². The topological polar surface area (TPSA) is 94.9 Å². The number of rotatable bonds is 4. The predicted molar refractivity (Wildman–Crippen MR) is 103 cm³/mol. The van der Waals surface area contributed by atoms with Gasteiger partial charge in [-0.2, -0.15) is 0 Å². The van der Waals surface area contributed by atoms with E-state index < -0.39 is 0 Å². The van der Waals surface area contributed by atoms with Crippen LogP contribution in [0.25, 0.3) is 0 Å². The molecule has 1 aromatic carbocycles. The van der Waals surface area contributed by atoms with Gasteiger partial charge in [-0.1, -0.05) is 30.3 Å². The SMILES string of the molecule is NC1CCc2nc(C(=O)Nc3ccc(=O)n(Cc4ccccc4)c3)cn2C1. The molecule has 2 aromatic heterocycles. The van der Waals surface area contributed by atoms with Gasteiger partial charge in [-0.3, -0.25) is 9.59 Å². The Labute approximate surface area is 156 Å². The number of nitrogens with one attached hydrogen (secondary N) is 1. The number of aryl methyl sites for hydroxylation is 1. The predicted octanol–water partition coefficient (Wildman–Crippen LogP) is 1.62. The average molecular weight is 363 g/mol. The largest absolute Gasteiger partial charge is 0.333 e. The number of amides is 1. The van der Waals surface area contributed by atoms with Crippen LogP contribution in [0.3, 0.4) is 0 Å². The summed E-state index contributed by atoms with van der Waals surface area (Å²) < 4.78 is 3.52. The fraction of sp³-hybridized carbons (Fsp3) is 0.250. The minimum absolute atomic E-state index is 0.101. The molecule has 7 heteroatoms. The minimum atomic E-state index is -0.296. The smallest absolute Gasteiger partial charge is 0.275 e. The van der Waals surface area contributed by atoms with E-state index in [1.54, 1.807) is 23.0 Å². The lowest BCUT2D eigenvalue weighted by Gasteiger charge is -2.19. The van der Waals surface area contributed by atoms with Gasteiger partial charge in [-0.25, -0.2) is 4.98 Å². The molecule has 3 N–H and O–H groups in total. The number of fused-ring (bicyclic) bond motifs is 1. The van der Waals surface area contributed by atoms with Crippen molar-refractivity contribution < 1.29 is 4.79 Å². The van der Waals surface area contributed by atoms with E-state index in [0.717, 1.165) is 24.2 Å². The first-order valence-electron chi connectivity index (χ1n) is 8.96. The van der Waals surface area contributed by atoms with Crippen LogP contribution in [0, 0.1) is 0 Å². The first-order valence-corrected chi connectivity index (χ1v) is 8.96. The summed E-state index contributed by atoms with van der Waals surface area (Å²) in [6, 6.07) is 12.9. The number of nitrogens with two attached hydrogens (primary N) is 1. The number of carbonyl (C=O) groups is 1. The van der Waals surface area contributed by atoms with Gasteiger partial charge in [0, 0.05) is 37.5 Å². The molecule has 7 nitrogen and oxygen atoms in total. The number of carbonyl (C=O) groups excluding carboxylic acids is 1. The molecule has 1 atom stereocenters. The van der Waals surface area contributed by atoms with Crippen LogP contribution in [-0.4, -0.2) is 26.1 Å². The molecule has 3 heterocycles. The van der Waals surface area contributed by atoms with Gasteiger partial charge in [0.05, 0.1) is 12.2 Å². The van der Waals surface area contributed by atoms with E-state index in [0.29, 0.717) is 24.5 Å². The first-order chi connectivity index (χ1) is 13.1. The molecule has 0 spiro atoms. The molecule has 27 heavy (non-hydrogen) atoms. The molecule has 0 aliphatic carbocycles. The van der Waals surface area contributed by atoms with Crippen molar-refractivity contribution in [2.45, 2.75) is 32.0 Å². The fourth-order valence-corrected chi connectivity index (χ4v) is 3.28. The average Bonchev–Trinajstić information content (AvgIpc) is 3.08. The highest BCUT2D eigenvalue weighted by molar-refractivity contribution is 6.02. The summed E-state index contributed by atoms with van der Waals surface area (Å²) in [6.45, 7) is 1.12. The number of anilines is 1. The van der Waals surface area contributed by atoms with Gasteiger partial charge in [0.25, 0.3) is 11.5 Å². The molecule has 3 aromatic rings. The highest BCUT2D eigenvalue weighted by Crippen LogP contribution is 2.15. The maximum Gasteiger partial charge on any atom is 0.275 e. The molecule has 138 valence electrons. The lowest BCUT2D eigenvalue weighted by atomic mass is 10.1. The lowest BCUT2D eigenvalue weighted by Crippen LogP contribution is -2.31. The molecule has 1 amide bonds. The third-order valence-electron chi connectivity index (χ3n) is 4.70. The van der Waals surface area contributed by atoms with E-state index in [2.05, 4.69) is 10.3 Å². The minimum Gasteiger partial charge on any atom is -0.333 e. The van der Waals surface area contributed by atoms with Gasteiger partial charge in [-0.05, 0) is 18.1 Å². The zero-order valence-electron chi connectivity index (χ0n) is 14.8. The van der Waals surface area contributed by atoms with Crippen molar-refractivity contribution in [1.82, 2.24) is 14.1 Å². The molecule has 0 bridgehead atoms. The number of pyridine rings is 1. The molecular formula is C20H21N5O2. The molecule has 1 aliphatic heterocycles. The molecule has 0 fully saturated rings. The fourth-order valence-electron chi connectivity index (χ4n) is 3.28. The Morgan fingerprint density at radius 1 is 1.19 bits per heavy atom. The summed E-state index contributed by atoms with van der Waals surface area (Å²) in [7, 11) is 0. The van der Waals surface area contributed by atoms with Gasteiger partial charge in [0.2, 0.25) is 0 Å². The Morgan fingerprint density at radius 2 is 2.00 bits per heavy atom. The Kier molecular flexibility index (Phi) is 4.60. The van der Waals surface area contributed by atoms with Crippen LogP contribution < -0.4 is 16.6 Å². The van der Waals surface area contributed by atoms with Crippen LogP contribution in [0.2, 0.25) is 0 Å². The second-order valence-corrected chi connectivity index (χ2v) is 6.82. The molecule has 0 radical (unpaired) electrons. The maximum atomic E-state index is 12.6. The number of nitrogens with zero attached hydrogens (tertiary/aromatic N) is 3. The van der Waals surface area contributed by atoms with E-state index >= 15 is 0 Å². The van der Waals surface area contributed by atoms with Crippen LogP contribution in [0.4, 0.5) is 5.69 Å². The highest BCUT2D eigenvalue weighted by atomic mass is 16.2. The van der Waals surface area contributed by atoms with Gasteiger partial charge < -0.3 is 20.2 Å². The van der Waals surface area contributed by atoms with Gasteiger partial charge in [-0.15, -0.1) is 0 Å². The van der Waals surface area contributed by atoms with Crippen molar-refractivity contribution in [2.75, 3.05) is 5.32 Å². The summed E-state index contributed by atoms with van der Waals surface area (Å²) in [5.41, 5.74) is 7.78. The van der Waals surface area contributed by atoms with Crippen molar-refractivity contribution in [3.63, 3.8) is 0 Å². The van der Waals surface area contributed by atoms with E-state index in [9.17, 15) is 9.59 Å². The molecular weight excluding hydrogens is 342 g/mol. The van der Waals surface area contributed by atoms with Crippen LogP contribution >= 0.6 is 0 Å². The van der Waals surface area contributed by atoms with Crippen molar-refractivity contribution >= 4 is 11.6 Å². The third kappa shape index (κ3) is 3.83. The van der Waals surface area contributed by atoms with Crippen LogP contribution in [0.1, 0.15) is 28.3 Å². The first kappa shape index (κ1) is 17.2. The number of imidazole rings is 1. The van der Waals surface area contributed by atoms with Crippen LogP contribution in [0.5, 0.6) is 0 Å². The van der Waals surface area contributed by atoms with E-state index in [1.165, 1.54) is 6.07 Å². The number of hydrogen-bond acceptors (Lipinski definition) is 4. The van der Waals surface area contributed by atoms with E-state index in [4.69, 9.17) is 5.73 Å².